The van der Waals surface area contributed by atoms with Gasteiger partial charge < -0.3 is 9.47 Å². The van der Waals surface area contributed by atoms with Gasteiger partial charge >= 0.3 is 0 Å². The van der Waals surface area contributed by atoms with Gasteiger partial charge in [-0.3, -0.25) is 0 Å². The lowest BCUT2D eigenvalue weighted by molar-refractivity contribution is 0.0506. The lowest BCUT2D eigenvalue weighted by atomic mass is 10.2. The van der Waals surface area contributed by atoms with Crippen LogP contribution >= 0.6 is 27.3 Å². The summed E-state index contributed by atoms with van der Waals surface area (Å²) in [6, 6.07) is 14.8. The van der Waals surface area contributed by atoms with E-state index in [4.69, 9.17) is 9.47 Å². The summed E-state index contributed by atoms with van der Waals surface area (Å²) in [4.78, 5) is 4.56. The summed E-state index contributed by atoms with van der Waals surface area (Å²) in [7, 11) is 1.60. The van der Waals surface area contributed by atoms with Crippen LogP contribution in [0.25, 0.3) is 22.4 Å². The molecule has 1 radical (unpaired) electrons. The van der Waals surface area contributed by atoms with E-state index in [1.165, 1.54) is 4.70 Å². The number of rotatable bonds is 5. The van der Waals surface area contributed by atoms with Crippen LogP contribution in [0.2, 0.25) is 0 Å². The maximum Gasteiger partial charge on any atom is 0.188 e. The van der Waals surface area contributed by atoms with Crippen molar-refractivity contribution in [3.8, 4) is 5.75 Å². The van der Waals surface area contributed by atoms with Crippen molar-refractivity contribution >= 4 is 49.6 Å². The first-order chi connectivity index (χ1) is 10.8. The van der Waals surface area contributed by atoms with Gasteiger partial charge in [0.2, 0.25) is 0 Å². The molecule has 3 rings (SSSR count). The Morgan fingerprint density at radius 1 is 1.32 bits per heavy atom. The summed E-state index contributed by atoms with van der Waals surface area (Å²) in [6.07, 6.45) is 4.05. The maximum absolute atomic E-state index is 5.44. The van der Waals surface area contributed by atoms with E-state index in [2.05, 4.69) is 27.0 Å². The predicted molar refractivity (Wildman–Crippen MR) is 94.0 cm³/mol. The van der Waals surface area contributed by atoms with Crippen LogP contribution in [-0.4, -0.2) is 18.9 Å². The standard InChI is InChI=1S/C17H13BrNO2S/c1-20-11-21-15-8-6-12(10-13(15)18)7-9-17-19-14-4-2-3-5-16(14)22-17/h3-10H,11H2,1H3. The molecule has 0 bridgehead atoms. The van der Waals surface area contributed by atoms with Crippen molar-refractivity contribution in [2.24, 2.45) is 0 Å². The topological polar surface area (TPSA) is 31.4 Å². The molecule has 0 aliphatic carbocycles. The molecule has 111 valence electrons. The summed E-state index contributed by atoms with van der Waals surface area (Å²) >= 11 is 5.16. The first-order valence-electron chi connectivity index (χ1n) is 6.62. The molecule has 0 N–H and O–H groups in total. The van der Waals surface area contributed by atoms with E-state index in [0.29, 0.717) is 0 Å². The van der Waals surface area contributed by atoms with Crippen LogP contribution < -0.4 is 4.74 Å². The highest BCUT2D eigenvalue weighted by Crippen LogP contribution is 2.27. The maximum atomic E-state index is 5.44. The summed E-state index contributed by atoms with van der Waals surface area (Å²) in [5.41, 5.74) is 2.05. The number of thiazole rings is 1. The summed E-state index contributed by atoms with van der Waals surface area (Å²) in [5.74, 6) is 0.759. The van der Waals surface area contributed by atoms with Crippen LogP contribution in [0.1, 0.15) is 10.6 Å². The van der Waals surface area contributed by atoms with Gasteiger partial charge in [0.05, 0.1) is 14.7 Å². The van der Waals surface area contributed by atoms with Gasteiger partial charge in [-0.2, -0.15) is 0 Å². The van der Waals surface area contributed by atoms with Crippen LogP contribution in [0.5, 0.6) is 5.75 Å². The molecule has 3 nitrogen and oxygen atoms in total. The van der Waals surface area contributed by atoms with E-state index in [-0.39, 0.29) is 6.79 Å². The molecule has 0 atom stereocenters. The third-order valence-electron chi connectivity index (χ3n) is 2.96. The smallest absolute Gasteiger partial charge is 0.188 e. The Morgan fingerprint density at radius 3 is 3.00 bits per heavy atom. The highest BCUT2D eigenvalue weighted by atomic mass is 79.9. The van der Waals surface area contributed by atoms with Crippen LogP contribution in [0.15, 0.2) is 40.9 Å². The molecular formula is C17H13BrNO2S. The van der Waals surface area contributed by atoms with Crippen molar-refractivity contribution in [1.29, 1.82) is 0 Å². The van der Waals surface area contributed by atoms with E-state index < -0.39 is 0 Å². The Labute approximate surface area is 141 Å². The molecule has 22 heavy (non-hydrogen) atoms. The lowest BCUT2D eigenvalue weighted by Crippen LogP contribution is -1.99. The first-order valence-corrected chi connectivity index (χ1v) is 8.23. The molecule has 0 unspecified atom stereocenters. The third kappa shape index (κ3) is 3.55. The fourth-order valence-corrected chi connectivity index (χ4v) is 3.30. The largest absolute Gasteiger partial charge is 0.466 e. The SMILES string of the molecule is COCOc1ccc(C=Cc2nc3c[c]ccc3s2)cc1Br. The fourth-order valence-electron chi connectivity index (χ4n) is 1.93. The summed E-state index contributed by atoms with van der Waals surface area (Å²) in [5, 5.41) is 0.977. The highest BCUT2D eigenvalue weighted by Gasteiger charge is 2.02. The van der Waals surface area contributed by atoms with Gasteiger partial charge in [-0.05, 0) is 57.9 Å². The minimum absolute atomic E-state index is 0.233. The van der Waals surface area contributed by atoms with E-state index >= 15 is 0 Å². The normalized spacial score (nSPS) is 11.4. The van der Waals surface area contributed by atoms with E-state index in [0.717, 1.165) is 26.3 Å². The second-order valence-electron chi connectivity index (χ2n) is 4.52. The van der Waals surface area contributed by atoms with Crippen LogP contribution in [-0.2, 0) is 4.74 Å². The second-order valence-corrected chi connectivity index (χ2v) is 6.44. The summed E-state index contributed by atoms with van der Waals surface area (Å²) < 4.78 is 12.4. The number of hydrogen-bond acceptors (Lipinski definition) is 4. The third-order valence-corrected chi connectivity index (χ3v) is 4.58. The molecule has 0 saturated carbocycles. The van der Waals surface area contributed by atoms with Gasteiger partial charge in [0.15, 0.2) is 6.79 Å². The zero-order valence-electron chi connectivity index (χ0n) is 11.9. The number of hydrogen-bond donors (Lipinski definition) is 0. The zero-order valence-corrected chi connectivity index (χ0v) is 14.3. The number of benzene rings is 2. The molecule has 0 amide bonds. The average molecular weight is 375 g/mol. The molecule has 0 aliphatic heterocycles. The fraction of sp³-hybridized carbons (Fsp3) is 0.118. The second kappa shape index (κ2) is 7.05. The molecule has 2 aromatic carbocycles. The minimum Gasteiger partial charge on any atom is -0.466 e. The molecule has 0 spiro atoms. The molecule has 0 fully saturated rings. The van der Waals surface area contributed by atoms with Crippen molar-refractivity contribution in [2.45, 2.75) is 0 Å². The molecule has 5 heteroatoms. The number of methoxy groups -OCH3 is 1. The van der Waals surface area contributed by atoms with E-state index in [1.54, 1.807) is 18.4 Å². The van der Waals surface area contributed by atoms with Gasteiger partial charge in [0.25, 0.3) is 0 Å². The monoisotopic (exact) mass is 374 g/mol. The van der Waals surface area contributed by atoms with Gasteiger partial charge in [0, 0.05) is 7.11 Å². The number of nitrogens with zero attached hydrogens (tertiary/aromatic N) is 1. The Bertz CT molecular complexity index is 780. The molecule has 0 aliphatic rings. The van der Waals surface area contributed by atoms with Crippen molar-refractivity contribution < 1.29 is 9.47 Å². The quantitative estimate of drug-likeness (QED) is 0.588. The Morgan fingerprint density at radius 2 is 2.23 bits per heavy atom. The number of halogens is 1. The molecule has 1 heterocycles. The molecule has 0 saturated heterocycles. The number of aromatic nitrogens is 1. The van der Waals surface area contributed by atoms with Crippen LogP contribution in [0.3, 0.4) is 0 Å². The van der Waals surface area contributed by atoms with Crippen LogP contribution in [0.4, 0.5) is 0 Å². The van der Waals surface area contributed by atoms with Crippen LogP contribution in [0, 0.1) is 6.07 Å². The first kappa shape index (κ1) is 15.2. The van der Waals surface area contributed by atoms with Crippen molar-refractivity contribution in [3.05, 3.63) is 57.5 Å². The number of ether oxygens (including phenoxy) is 2. The predicted octanol–water partition coefficient (Wildman–Crippen LogP) is 5.01. The van der Waals surface area contributed by atoms with Gasteiger partial charge in [-0.25, -0.2) is 4.98 Å². The van der Waals surface area contributed by atoms with Crippen molar-refractivity contribution in [3.63, 3.8) is 0 Å². The van der Waals surface area contributed by atoms with Crippen molar-refractivity contribution in [2.75, 3.05) is 13.9 Å². The summed E-state index contributed by atoms with van der Waals surface area (Å²) in [6.45, 7) is 0.233. The zero-order chi connectivity index (χ0) is 15.4. The van der Waals surface area contributed by atoms with Gasteiger partial charge in [-0.15, -0.1) is 11.3 Å². The van der Waals surface area contributed by atoms with Gasteiger partial charge in [-0.1, -0.05) is 18.2 Å². The van der Waals surface area contributed by atoms with E-state index in [9.17, 15) is 0 Å². The Hall–Kier alpha value is -1.69. The highest BCUT2D eigenvalue weighted by molar-refractivity contribution is 9.10. The number of fused-ring (bicyclic) bond motifs is 1. The molecular weight excluding hydrogens is 362 g/mol. The molecule has 3 aromatic rings. The van der Waals surface area contributed by atoms with E-state index in [1.807, 2.05) is 48.6 Å². The average Bonchev–Trinajstić information content (AvgIpc) is 2.95. The van der Waals surface area contributed by atoms with Gasteiger partial charge in [0.1, 0.15) is 10.8 Å². The minimum atomic E-state index is 0.233. The Balaban J connectivity index is 1.78. The van der Waals surface area contributed by atoms with Crippen molar-refractivity contribution in [1.82, 2.24) is 4.98 Å². The Kier molecular flexibility index (Phi) is 4.87. The lowest BCUT2D eigenvalue weighted by Gasteiger charge is -2.07. The molecule has 1 aromatic heterocycles.